The van der Waals surface area contributed by atoms with Crippen molar-refractivity contribution in [2.75, 3.05) is 13.2 Å². The van der Waals surface area contributed by atoms with E-state index in [9.17, 15) is 0 Å². The lowest BCUT2D eigenvalue weighted by atomic mass is 9.91. The molecule has 2 aromatic rings. The first-order valence-electron chi connectivity index (χ1n) is 7.69. The highest BCUT2D eigenvalue weighted by atomic mass is 16.5. The van der Waals surface area contributed by atoms with Gasteiger partial charge in [0.05, 0.1) is 0 Å². The third-order valence-corrected chi connectivity index (χ3v) is 4.14. The summed E-state index contributed by atoms with van der Waals surface area (Å²) in [5.41, 5.74) is 3.17. The highest BCUT2D eigenvalue weighted by Crippen LogP contribution is 2.30. The van der Waals surface area contributed by atoms with Gasteiger partial charge in [0.25, 0.3) is 0 Å². The van der Waals surface area contributed by atoms with Gasteiger partial charge in [0.2, 0.25) is 0 Å². The second kappa shape index (κ2) is 5.25. The minimum atomic E-state index is 0.306. The molecule has 1 aromatic heterocycles. The third-order valence-electron chi connectivity index (χ3n) is 4.14. The van der Waals surface area contributed by atoms with Crippen LogP contribution in [0.25, 0.3) is 10.9 Å². The van der Waals surface area contributed by atoms with Crippen molar-refractivity contribution in [2.24, 2.45) is 5.41 Å². The van der Waals surface area contributed by atoms with Crippen molar-refractivity contribution in [1.29, 1.82) is 0 Å². The van der Waals surface area contributed by atoms with Crippen molar-refractivity contribution in [3.63, 3.8) is 0 Å². The number of aromatic nitrogens is 1. The summed E-state index contributed by atoms with van der Waals surface area (Å²) in [7, 11) is 0. The van der Waals surface area contributed by atoms with Gasteiger partial charge in [0, 0.05) is 31.5 Å². The average molecular weight is 271 g/mol. The molecule has 0 N–H and O–H groups in total. The first-order valence-corrected chi connectivity index (χ1v) is 7.69. The molecule has 0 spiro atoms. The van der Waals surface area contributed by atoms with Crippen LogP contribution in [0.5, 0.6) is 0 Å². The monoisotopic (exact) mass is 271 g/mol. The van der Waals surface area contributed by atoms with E-state index in [1.807, 2.05) is 0 Å². The fourth-order valence-corrected chi connectivity index (χ4v) is 3.13. The zero-order chi connectivity index (χ0) is 14.2. The molecule has 108 valence electrons. The van der Waals surface area contributed by atoms with Crippen molar-refractivity contribution in [2.45, 2.75) is 46.1 Å². The molecule has 0 saturated carbocycles. The Hall–Kier alpha value is -1.28. The Balaban J connectivity index is 1.94. The lowest BCUT2D eigenvalue weighted by Crippen LogP contribution is -2.15. The Morgan fingerprint density at radius 3 is 2.60 bits per heavy atom. The molecule has 3 rings (SSSR count). The van der Waals surface area contributed by atoms with Crippen molar-refractivity contribution >= 4 is 10.9 Å². The average Bonchev–Trinajstić information content (AvgIpc) is 2.80. The highest BCUT2D eigenvalue weighted by molar-refractivity contribution is 5.81. The Morgan fingerprint density at radius 1 is 1.15 bits per heavy atom. The molecule has 2 heteroatoms. The SMILES string of the molecule is CC(C)(C)Cn1ccc2ccc(C3CCOCC3)cc21. The van der Waals surface area contributed by atoms with Crippen LogP contribution >= 0.6 is 0 Å². The van der Waals surface area contributed by atoms with E-state index in [1.165, 1.54) is 16.5 Å². The predicted octanol–water partition coefficient (Wildman–Crippen LogP) is 4.58. The van der Waals surface area contributed by atoms with Crippen LogP contribution in [0.3, 0.4) is 0 Å². The molecule has 0 radical (unpaired) electrons. The largest absolute Gasteiger partial charge is 0.381 e. The van der Waals surface area contributed by atoms with Crippen LogP contribution in [0.1, 0.15) is 45.1 Å². The van der Waals surface area contributed by atoms with Crippen LogP contribution < -0.4 is 0 Å². The van der Waals surface area contributed by atoms with Crippen molar-refractivity contribution in [3.05, 3.63) is 36.0 Å². The van der Waals surface area contributed by atoms with Crippen molar-refractivity contribution in [1.82, 2.24) is 4.57 Å². The van der Waals surface area contributed by atoms with E-state index in [2.05, 4.69) is 55.8 Å². The van der Waals surface area contributed by atoms with Crippen molar-refractivity contribution < 1.29 is 4.74 Å². The molecule has 1 aromatic carbocycles. The number of ether oxygens (including phenoxy) is 1. The summed E-state index contributed by atoms with van der Waals surface area (Å²) in [6, 6.07) is 9.21. The Morgan fingerprint density at radius 2 is 1.90 bits per heavy atom. The molecule has 0 aliphatic carbocycles. The second-order valence-corrected chi connectivity index (χ2v) is 7.21. The van der Waals surface area contributed by atoms with Gasteiger partial charge in [-0.2, -0.15) is 0 Å². The van der Waals surface area contributed by atoms with Crippen LogP contribution in [0, 0.1) is 5.41 Å². The number of hydrogen-bond acceptors (Lipinski definition) is 1. The summed E-state index contributed by atoms with van der Waals surface area (Å²) >= 11 is 0. The number of nitrogens with zero attached hydrogens (tertiary/aromatic N) is 1. The topological polar surface area (TPSA) is 14.2 Å². The molecule has 0 bridgehead atoms. The fraction of sp³-hybridized carbons (Fsp3) is 0.556. The first-order chi connectivity index (χ1) is 9.53. The van der Waals surface area contributed by atoms with E-state index < -0.39 is 0 Å². The van der Waals surface area contributed by atoms with Gasteiger partial charge in [-0.25, -0.2) is 0 Å². The van der Waals surface area contributed by atoms with Gasteiger partial charge >= 0.3 is 0 Å². The molecule has 1 saturated heterocycles. The number of hydrogen-bond donors (Lipinski definition) is 0. The molecular formula is C18H25NO. The molecule has 1 aliphatic rings. The zero-order valence-electron chi connectivity index (χ0n) is 12.9. The van der Waals surface area contributed by atoms with E-state index in [0.717, 1.165) is 32.6 Å². The van der Waals surface area contributed by atoms with E-state index in [4.69, 9.17) is 4.74 Å². The minimum Gasteiger partial charge on any atom is -0.381 e. The summed E-state index contributed by atoms with van der Waals surface area (Å²) in [6.07, 6.45) is 4.54. The molecule has 2 nitrogen and oxygen atoms in total. The molecule has 1 fully saturated rings. The van der Waals surface area contributed by atoms with Gasteiger partial charge in [-0.1, -0.05) is 32.9 Å². The molecule has 2 heterocycles. The molecule has 1 aliphatic heterocycles. The summed E-state index contributed by atoms with van der Waals surface area (Å²) in [4.78, 5) is 0. The van der Waals surface area contributed by atoms with Gasteiger partial charge in [0.15, 0.2) is 0 Å². The van der Waals surface area contributed by atoms with Crippen LogP contribution in [0.2, 0.25) is 0 Å². The van der Waals surface area contributed by atoms with E-state index in [0.29, 0.717) is 11.3 Å². The summed E-state index contributed by atoms with van der Waals surface area (Å²) < 4.78 is 7.88. The maximum atomic E-state index is 5.48. The van der Waals surface area contributed by atoms with Gasteiger partial charge in [-0.3, -0.25) is 0 Å². The van der Waals surface area contributed by atoms with E-state index >= 15 is 0 Å². The number of benzene rings is 1. The molecule has 0 unspecified atom stereocenters. The highest BCUT2D eigenvalue weighted by Gasteiger charge is 2.17. The maximum absolute atomic E-state index is 5.48. The summed E-state index contributed by atoms with van der Waals surface area (Å²) in [6.45, 7) is 9.76. The zero-order valence-corrected chi connectivity index (χ0v) is 12.9. The first kappa shape index (κ1) is 13.7. The van der Waals surface area contributed by atoms with Crippen LogP contribution in [0.15, 0.2) is 30.5 Å². The number of rotatable bonds is 2. The lowest BCUT2D eigenvalue weighted by molar-refractivity contribution is 0.0853. The van der Waals surface area contributed by atoms with Gasteiger partial charge < -0.3 is 9.30 Å². The number of fused-ring (bicyclic) bond motifs is 1. The Kier molecular flexibility index (Phi) is 3.59. The smallest absolute Gasteiger partial charge is 0.0483 e. The predicted molar refractivity (Wildman–Crippen MR) is 84.2 cm³/mol. The van der Waals surface area contributed by atoms with Gasteiger partial charge in [-0.15, -0.1) is 0 Å². The fourth-order valence-electron chi connectivity index (χ4n) is 3.13. The molecule has 0 amide bonds. The normalized spacial score (nSPS) is 17.8. The lowest BCUT2D eigenvalue weighted by Gasteiger charge is -2.23. The standard InChI is InChI=1S/C18H25NO/c1-18(2,3)13-19-9-6-15-4-5-16(12-17(15)19)14-7-10-20-11-8-14/h4-6,9,12,14H,7-8,10-11,13H2,1-3H3. The van der Waals surface area contributed by atoms with E-state index in [1.54, 1.807) is 0 Å². The Bertz CT molecular complexity index is 585. The second-order valence-electron chi connectivity index (χ2n) is 7.21. The minimum absolute atomic E-state index is 0.306. The summed E-state index contributed by atoms with van der Waals surface area (Å²) in [5.74, 6) is 0.672. The Labute approximate surface area is 121 Å². The van der Waals surface area contributed by atoms with Gasteiger partial charge in [0.1, 0.15) is 0 Å². The molecular weight excluding hydrogens is 246 g/mol. The van der Waals surface area contributed by atoms with Crippen LogP contribution in [-0.2, 0) is 11.3 Å². The van der Waals surface area contributed by atoms with E-state index in [-0.39, 0.29) is 0 Å². The molecule has 0 atom stereocenters. The van der Waals surface area contributed by atoms with Crippen LogP contribution in [0.4, 0.5) is 0 Å². The summed E-state index contributed by atoms with van der Waals surface area (Å²) in [5, 5.41) is 1.35. The quantitative estimate of drug-likeness (QED) is 0.779. The maximum Gasteiger partial charge on any atom is 0.0483 e. The van der Waals surface area contributed by atoms with Crippen molar-refractivity contribution in [3.8, 4) is 0 Å². The van der Waals surface area contributed by atoms with Gasteiger partial charge in [-0.05, 0) is 47.3 Å². The molecule has 20 heavy (non-hydrogen) atoms. The third kappa shape index (κ3) is 2.90. The van der Waals surface area contributed by atoms with Crippen LogP contribution in [-0.4, -0.2) is 17.8 Å².